The van der Waals surface area contributed by atoms with E-state index in [1.54, 1.807) is 19.1 Å². The summed E-state index contributed by atoms with van der Waals surface area (Å²) >= 11 is 0. The van der Waals surface area contributed by atoms with Gasteiger partial charge < -0.3 is 15.2 Å². The highest BCUT2D eigenvalue weighted by molar-refractivity contribution is 5.82. The Labute approximate surface area is 138 Å². The van der Waals surface area contributed by atoms with Gasteiger partial charge in [0, 0.05) is 12.0 Å². The van der Waals surface area contributed by atoms with Crippen LogP contribution in [0, 0.1) is 11.6 Å². The second kappa shape index (κ2) is 6.57. The number of hydrogen-bond acceptors (Lipinski definition) is 3. The molecule has 0 fully saturated rings. The number of carbonyl (C=O) groups excluding carboxylic acids is 1. The number of benzene rings is 2. The first-order chi connectivity index (χ1) is 11.5. The van der Waals surface area contributed by atoms with Crippen LogP contribution in [0.1, 0.15) is 24.2 Å². The zero-order valence-electron chi connectivity index (χ0n) is 13.0. The summed E-state index contributed by atoms with van der Waals surface area (Å²) in [5, 5.41) is 12.9. The van der Waals surface area contributed by atoms with Gasteiger partial charge in [-0.05, 0) is 30.7 Å². The highest BCUT2D eigenvalue weighted by Crippen LogP contribution is 2.31. The summed E-state index contributed by atoms with van der Waals surface area (Å²) in [5.41, 5.74) is 1.13. The van der Waals surface area contributed by atoms with E-state index >= 15 is 0 Å². The molecule has 126 valence electrons. The van der Waals surface area contributed by atoms with Crippen LogP contribution < -0.4 is 10.1 Å². The van der Waals surface area contributed by atoms with Crippen molar-refractivity contribution in [3.8, 4) is 5.75 Å². The summed E-state index contributed by atoms with van der Waals surface area (Å²) < 4.78 is 32.0. The van der Waals surface area contributed by atoms with E-state index < -0.39 is 35.8 Å². The van der Waals surface area contributed by atoms with E-state index in [1.165, 1.54) is 30.3 Å². The van der Waals surface area contributed by atoms with E-state index in [1.807, 2.05) is 0 Å². The Morgan fingerprint density at radius 2 is 1.96 bits per heavy atom. The minimum absolute atomic E-state index is 0.101. The molecule has 0 aromatic heterocycles. The number of rotatable bonds is 4. The minimum Gasteiger partial charge on any atom is -0.477 e. The van der Waals surface area contributed by atoms with Gasteiger partial charge in [-0.15, -0.1) is 0 Å². The number of hydrogen-bond donors (Lipinski definition) is 2. The second-order valence-electron chi connectivity index (χ2n) is 5.83. The lowest BCUT2D eigenvalue weighted by Gasteiger charge is -2.22. The van der Waals surface area contributed by atoms with E-state index in [0.29, 0.717) is 11.1 Å². The van der Waals surface area contributed by atoms with Gasteiger partial charge in [-0.3, -0.25) is 4.79 Å². The van der Waals surface area contributed by atoms with Gasteiger partial charge >= 0.3 is 0 Å². The summed E-state index contributed by atoms with van der Waals surface area (Å²) in [7, 11) is 0. The van der Waals surface area contributed by atoms with Gasteiger partial charge in [0.05, 0.1) is 12.1 Å². The van der Waals surface area contributed by atoms with Crippen molar-refractivity contribution < 1.29 is 23.4 Å². The van der Waals surface area contributed by atoms with Crippen LogP contribution in [0.4, 0.5) is 8.78 Å². The van der Waals surface area contributed by atoms with Gasteiger partial charge in [-0.25, -0.2) is 8.78 Å². The molecule has 1 amide bonds. The van der Waals surface area contributed by atoms with Gasteiger partial charge in [0.15, 0.2) is 17.7 Å². The van der Waals surface area contributed by atoms with Crippen LogP contribution in [-0.4, -0.2) is 23.2 Å². The number of halogens is 2. The van der Waals surface area contributed by atoms with Crippen molar-refractivity contribution in [3.63, 3.8) is 0 Å². The van der Waals surface area contributed by atoms with Crippen LogP contribution in [-0.2, 0) is 11.2 Å². The number of amides is 1. The summed E-state index contributed by atoms with van der Waals surface area (Å²) in [5.74, 6) is -1.23. The monoisotopic (exact) mass is 333 g/mol. The third kappa shape index (κ3) is 3.23. The summed E-state index contributed by atoms with van der Waals surface area (Å²) in [6.07, 6.45) is -1.55. The predicted molar refractivity (Wildman–Crippen MR) is 83.5 cm³/mol. The molecule has 4 nitrogen and oxygen atoms in total. The van der Waals surface area contributed by atoms with Crippen molar-refractivity contribution >= 4 is 5.91 Å². The molecule has 3 unspecified atom stereocenters. The SMILES string of the molecule is CC(NC(=O)C1Cc2cccc(F)c2O1)C(O)c1ccc(F)cc1. The highest BCUT2D eigenvalue weighted by atomic mass is 19.1. The minimum atomic E-state index is -0.991. The smallest absolute Gasteiger partial charge is 0.261 e. The molecule has 2 N–H and O–H groups in total. The maximum atomic E-state index is 13.6. The van der Waals surface area contributed by atoms with Crippen molar-refractivity contribution in [1.82, 2.24) is 5.32 Å². The molecule has 6 heteroatoms. The molecule has 0 spiro atoms. The van der Waals surface area contributed by atoms with Crippen LogP contribution in [0.15, 0.2) is 42.5 Å². The number of nitrogens with one attached hydrogen (secondary N) is 1. The van der Waals surface area contributed by atoms with Gasteiger partial charge in [-0.1, -0.05) is 24.3 Å². The van der Waals surface area contributed by atoms with Gasteiger partial charge in [0.2, 0.25) is 0 Å². The third-order valence-corrected chi connectivity index (χ3v) is 4.06. The van der Waals surface area contributed by atoms with Crippen LogP contribution in [0.3, 0.4) is 0 Å². The van der Waals surface area contributed by atoms with E-state index in [-0.39, 0.29) is 12.2 Å². The highest BCUT2D eigenvalue weighted by Gasteiger charge is 2.32. The molecule has 0 saturated heterocycles. The van der Waals surface area contributed by atoms with Crippen molar-refractivity contribution in [1.29, 1.82) is 0 Å². The zero-order chi connectivity index (χ0) is 17.3. The summed E-state index contributed by atoms with van der Waals surface area (Å²) in [4.78, 5) is 12.3. The Morgan fingerprint density at radius 1 is 1.25 bits per heavy atom. The molecule has 3 atom stereocenters. The van der Waals surface area contributed by atoms with Gasteiger partial charge in [0.25, 0.3) is 5.91 Å². The maximum absolute atomic E-state index is 13.6. The molecule has 0 aliphatic carbocycles. The second-order valence-corrected chi connectivity index (χ2v) is 5.83. The molecular weight excluding hydrogens is 316 g/mol. The largest absolute Gasteiger partial charge is 0.477 e. The Kier molecular flexibility index (Phi) is 4.49. The lowest BCUT2D eigenvalue weighted by Crippen LogP contribution is -2.44. The Hall–Kier alpha value is -2.47. The van der Waals surface area contributed by atoms with E-state index in [9.17, 15) is 18.7 Å². The first kappa shape index (κ1) is 16.4. The first-order valence-electron chi connectivity index (χ1n) is 7.63. The molecule has 24 heavy (non-hydrogen) atoms. The molecule has 2 aromatic carbocycles. The average Bonchev–Trinajstić information content (AvgIpc) is 3.00. The fourth-order valence-corrected chi connectivity index (χ4v) is 2.72. The Morgan fingerprint density at radius 3 is 2.62 bits per heavy atom. The van der Waals surface area contributed by atoms with Crippen molar-refractivity contribution in [2.24, 2.45) is 0 Å². The lowest BCUT2D eigenvalue weighted by molar-refractivity contribution is -0.128. The molecule has 0 bridgehead atoms. The topological polar surface area (TPSA) is 58.6 Å². The van der Waals surface area contributed by atoms with Crippen molar-refractivity contribution in [2.45, 2.75) is 31.6 Å². The standard InChI is InChI=1S/C18H17F2NO3/c1-10(16(22)11-5-7-13(19)8-6-11)21-18(23)15-9-12-3-2-4-14(20)17(12)24-15/h2-8,10,15-16,22H,9H2,1H3,(H,21,23). The van der Waals surface area contributed by atoms with Gasteiger partial charge in [0.1, 0.15) is 5.82 Å². The maximum Gasteiger partial charge on any atom is 0.261 e. The molecule has 0 radical (unpaired) electrons. The molecule has 0 saturated carbocycles. The van der Waals surface area contributed by atoms with Crippen LogP contribution in [0.5, 0.6) is 5.75 Å². The number of aliphatic hydroxyl groups excluding tert-OH is 1. The summed E-state index contributed by atoms with van der Waals surface area (Å²) in [6.45, 7) is 1.63. The van der Waals surface area contributed by atoms with E-state index in [4.69, 9.17) is 4.74 Å². The molecule has 1 aliphatic rings. The quantitative estimate of drug-likeness (QED) is 0.904. The molecule has 1 aliphatic heterocycles. The summed E-state index contributed by atoms with van der Waals surface area (Å²) in [6, 6.07) is 9.35. The first-order valence-corrected chi connectivity index (χ1v) is 7.63. The number of carbonyl (C=O) groups is 1. The lowest BCUT2D eigenvalue weighted by atomic mass is 10.0. The third-order valence-electron chi connectivity index (χ3n) is 4.06. The predicted octanol–water partition coefficient (Wildman–Crippen LogP) is 2.51. The molecule has 1 heterocycles. The Balaban J connectivity index is 1.63. The molecular formula is C18H17F2NO3. The number of para-hydroxylation sites is 1. The van der Waals surface area contributed by atoms with E-state index in [0.717, 1.165) is 0 Å². The zero-order valence-corrected chi connectivity index (χ0v) is 13.0. The van der Waals surface area contributed by atoms with Gasteiger partial charge in [-0.2, -0.15) is 0 Å². The molecule has 3 rings (SSSR count). The number of ether oxygens (including phenoxy) is 1. The van der Waals surface area contributed by atoms with E-state index in [2.05, 4.69) is 5.32 Å². The average molecular weight is 333 g/mol. The molecule has 2 aromatic rings. The fourth-order valence-electron chi connectivity index (χ4n) is 2.72. The van der Waals surface area contributed by atoms with Crippen molar-refractivity contribution in [2.75, 3.05) is 0 Å². The Bertz CT molecular complexity index is 748. The van der Waals surface area contributed by atoms with Crippen LogP contribution in [0.2, 0.25) is 0 Å². The number of fused-ring (bicyclic) bond motifs is 1. The number of aliphatic hydroxyl groups is 1. The van der Waals surface area contributed by atoms with Crippen molar-refractivity contribution in [3.05, 3.63) is 65.2 Å². The van der Waals surface area contributed by atoms with Crippen LogP contribution in [0.25, 0.3) is 0 Å². The fraction of sp³-hybridized carbons (Fsp3) is 0.278. The normalized spacial score (nSPS) is 18.4. The van der Waals surface area contributed by atoms with Crippen LogP contribution >= 0.6 is 0 Å².